The van der Waals surface area contributed by atoms with Gasteiger partial charge in [-0.2, -0.15) is 0 Å². The first-order valence-corrected chi connectivity index (χ1v) is 10.8. The van der Waals surface area contributed by atoms with Gasteiger partial charge in [-0.05, 0) is 48.5 Å². The van der Waals surface area contributed by atoms with Crippen LogP contribution in [0.3, 0.4) is 0 Å². The summed E-state index contributed by atoms with van der Waals surface area (Å²) in [7, 11) is 4.53. The van der Waals surface area contributed by atoms with E-state index in [-0.39, 0.29) is 18.3 Å². The molecule has 0 unspecified atom stereocenters. The third-order valence-electron chi connectivity index (χ3n) is 5.34. The fraction of sp³-hybridized carbons (Fsp3) is 0.192. The summed E-state index contributed by atoms with van der Waals surface area (Å²) in [6.45, 7) is 0. The zero-order valence-corrected chi connectivity index (χ0v) is 19.5. The molecule has 0 saturated carbocycles. The van der Waals surface area contributed by atoms with Crippen molar-refractivity contribution in [1.29, 1.82) is 0 Å². The quantitative estimate of drug-likeness (QED) is 0.538. The average Bonchev–Trinajstić information content (AvgIpc) is 2.88. The van der Waals surface area contributed by atoms with Crippen molar-refractivity contribution in [3.05, 3.63) is 77.9 Å². The van der Waals surface area contributed by atoms with Crippen LogP contribution < -0.4 is 29.6 Å². The van der Waals surface area contributed by atoms with Gasteiger partial charge in [0.1, 0.15) is 11.5 Å². The highest BCUT2D eigenvalue weighted by atomic mass is 16.5. The topological polar surface area (TPSA) is 107 Å². The van der Waals surface area contributed by atoms with Crippen molar-refractivity contribution in [1.82, 2.24) is 10.6 Å². The molecule has 180 valence electrons. The first-order chi connectivity index (χ1) is 17.0. The lowest BCUT2D eigenvalue weighted by atomic mass is 10.0. The first kappa shape index (κ1) is 23.6. The Hall–Kier alpha value is -4.53. The molecule has 0 fully saturated rings. The van der Waals surface area contributed by atoms with Gasteiger partial charge in [0.05, 0.1) is 33.8 Å². The number of rotatable bonds is 7. The Bertz CT molecular complexity index is 1240. The molecular formula is C26H25N3O6. The highest BCUT2D eigenvalue weighted by Crippen LogP contribution is 2.44. The number of benzene rings is 3. The predicted molar refractivity (Wildman–Crippen MR) is 129 cm³/mol. The second-order valence-corrected chi connectivity index (χ2v) is 7.56. The number of para-hydroxylation sites is 1. The van der Waals surface area contributed by atoms with Crippen LogP contribution >= 0.6 is 0 Å². The first-order valence-electron chi connectivity index (χ1n) is 10.8. The molecule has 0 aromatic heterocycles. The van der Waals surface area contributed by atoms with E-state index < -0.39 is 11.9 Å². The molecule has 3 aromatic rings. The molecule has 0 bridgehead atoms. The SMILES string of the molecule is COc1ccc([C@H]2CC(=O)NC(NC(=O)c3ccc(Oc4ccccc4)cc3)=N2)c(OC)c1OC. The molecule has 3 aromatic carbocycles. The molecule has 2 amide bonds. The van der Waals surface area contributed by atoms with Crippen LogP contribution in [0.25, 0.3) is 0 Å². The molecule has 1 aliphatic heterocycles. The monoisotopic (exact) mass is 475 g/mol. The van der Waals surface area contributed by atoms with Crippen molar-refractivity contribution in [2.75, 3.05) is 21.3 Å². The van der Waals surface area contributed by atoms with E-state index in [9.17, 15) is 9.59 Å². The van der Waals surface area contributed by atoms with Crippen LogP contribution in [0.1, 0.15) is 28.4 Å². The Morgan fingerprint density at radius 3 is 2.23 bits per heavy atom. The van der Waals surface area contributed by atoms with Crippen molar-refractivity contribution in [2.45, 2.75) is 12.5 Å². The summed E-state index contributed by atoms with van der Waals surface area (Å²) in [5, 5.41) is 5.27. The van der Waals surface area contributed by atoms with Crippen LogP contribution in [0.2, 0.25) is 0 Å². The molecule has 9 nitrogen and oxygen atoms in total. The molecule has 2 N–H and O–H groups in total. The van der Waals surface area contributed by atoms with Gasteiger partial charge in [-0.25, -0.2) is 4.99 Å². The van der Waals surface area contributed by atoms with E-state index in [2.05, 4.69) is 15.6 Å². The van der Waals surface area contributed by atoms with Gasteiger partial charge < -0.3 is 18.9 Å². The number of hydrogen-bond acceptors (Lipinski definition) is 7. The minimum absolute atomic E-state index is 0.0534. The number of guanidine groups is 1. The summed E-state index contributed by atoms with van der Waals surface area (Å²) in [4.78, 5) is 29.7. The number of nitrogens with zero attached hydrogens (tertiary/aromatic N) is 1. The van der Waals surface area contributed by atoms with Gasteiger partial charge in [0.15, 0.2) is 11.5 Å². The third kappa shape index (κ3) is 5.35. The molecule has 0 saturated heterocycles. The summed E-state index contributed by atoms with van der Waals surface area (Å²) in [6, 6.07) is 18.9. The lowest BCUT2D eigenvalue weighted by Gasteiger charge is -2.24. The Kier molecular flexibility index (Phi) is 7.15. The van der Waals surface area contributed by atoms with Crippen LogP contribution in [0.15, 0.2) is 71.7 Å². The summed E-state index contributed by atoms with van der Waals surface area (Å²) in [6.07, 6.45) is 0.0801. The van der Waals surface area contributed by atoms with Crippen molar-refractivity contribution >= 4 is 17.8 Å². The number of hydrogen-bond donors (Lipinski definition) is 2. The van der Waals surface area contributed by atoms with Crippen molar-refractivity contribution < 1.29 is 28.5 Å². The van der Waals surface area contributed by atoms with Gasteiger partial charge in [0.25, 0.3) is 5.91 Å². The largest absolute Gasteiger partial charge is 0.493 e. The zero-order valence-electron chi connectivity index (χ0n) is 19.5. The second kappa shape index (κ2) is 10.6. The number of amides is 2. The minimum atomic E-state index is -0.588. The van der Waals surface area contributed by atoms with Crippen LogP contribution in [0.4, 0.5) is 0 Å². The summed E-state index contributed by atoms with van der Waals surface area (Å²) < 4.78 is 22.0. The molecule has 1 aliphatic rings. The van der Waals surface area contributed by atoms with Gasteiger partial charge in [-0.3, -0.25) is 20.2 Å². The highest BCUT2D eigenvalue weighted by Gasteiger charge is 2.28. The van der Waals surface area contributed by atoms with E-state index >= 15 is 0 Å². The van der Waals surface area contributed by atoms with E-state index in [4.69, 9.17) is 18.9 Å². The maximum Gasteiger partial charge on any atom is 0.257 e. The Morgan fingerprint density at radius 1 is 0.886 bits per heavy atom. The maximum atomic E-state index is 12.8. The van der Waals surface area contributed by atoms with Crippen LogP contribution in [0.5, 0.6) is 28.7 Å². The zero-order chi connectivity index (χ0) is 24.8. The van der Waals surface area contributed by atoms with Gasteiger partial charge in [0.2, 0.25) is 17.6 Å². The van der Waals surface area contributed by atoms with E-state index in [1.54, 1.807) is 36.4 Å². The smallest absolute Gasteiger partial charge is 0.257 e. The lowest BCUT2D eigenvalue weighted by Crippen LogP contribution is -2.47. The van der Waals surface area contributed by atoms with E-state index in [1.165, 1.54) is 21.3 Å². The van der Waals surface area contributed by atoms with E-state index in [1.807, 2.05) is 30.3 Å². The Morgan fingerprint density at radius 2 is 1.57 bits per heavy atom. The number of carbonyl (C=O) groups is 2. The molecule has 9 heteroatoms. The van der Waals surface area contributed by atoms with Gasteiger partial charge in [0, 0.05) is 11.1 Å². The second-order valence-electron chi connectivity index (χ2n) is 7.56. The van der Waals surface area contributed by atoms with E-state index in [0.29, 0.717) is 39.9 Å². The molecule has 0 radical (unpaired) electrons. The highest BCUT2D eigenvalue weighted by molar-refractivity contribution is 6.10. The van der Waals surface area contributed by atoms with Crippen LogP contribution in [-0.4, -0.2) is 39.1 Å². The number of methoxy groups -OCH3 is 3. The average molecular weight is 476 g/mol. The summed E-state index contributed by atoms with van der Waals surface area (Å²) >= 11 is 0. The Balaban J connectivity index is 1.52. The predicted octanol–water partition coefficient (Wildman–Crippen LogP) is 3.85. The van der Waals surface area contributed by atoms with Crippen molar-refractivity contribution in [3.63, 3.8) is 0 Å². The third-order valence-corrected chi connectivity index (χ3v) is 5.34. The van der Waals surface area contributed by atoms with Crippen LogP contribution in [0, 0.1) is 0 Å². The molecule has 35 heavy (non-hydrogen) atoms. The number of nitrogens with one attached hydrogen (secondary N) is 2. The maximum absolute atomic E-state index is 12.8. The standard InChI is InChI=1S/C26H25N3O6/c1-32-21-14-13-19(23(33-2)24(21)34-3)20-15-22(30)28-26(27-20)29-25(31)16-9-11-18(12-10-16)35-17-7-5-4-6-8-17/h4-14,20H,15H2,1-3H3,(H2,27,28,29,30,31)/t20-/m1/s1. The molecule has 0 spiro atoms. The molecule has 1 heterocycles. The van der Waals surface area contributed by atoms with Gasteiger partial charge in [-0.15, -0.1) is 0 Å². The summed E-state index contributed by atoms with van der Waals surface area (Å²) in [5.74, 6) is 1.94. The lowest BCUT2D eigenvalue weighted by molar-refractivity contribution is -0.120. The van der Waals surface area contributed by atoms with Crippen molar-refractivity contribution in [3.8, 4) is 28.7 Å². The van der Waals surface area contributed by atoms with E-state index in [0.717, 1.165) is 0 Å². The molecule has 4 rings (SSSR count). The fourth-order valence-electron chi connectivity index (χ4n) is 3.70. The van der Waals surface area contributed by atoms with Crippen LogP contribution in [-0.2, 0) is 4.79 Å². The minimum Gasteiger partial charge on any atom is -0.493 e. The Labute approximate surface area is 202 Å². The molecular weight excluding hydrogens is 450 g/mol. The van der Waals surface area contributed by atoms with Gasteiger partial charge >= 0.3 is 0 Å². The number of ether oxygens (including phenoxy) is 4. The fourth-order valence-corrected chi connectivity index (χ4v) is 3.70. The van der Waals surface area contributed by atoms with Gasteiger partial charge in [-0.1, -0.05) is 18.2 Å². The van der Waals surface area contributed by atoms with Crippen molar-refractivity contribution in [2.24, 2.45) is 4.99 Å². The molecule has 0 aliphatic carbocycles. The normalized spacial score (nSPS) is 14.9. The summed E-state index contributed by atoms with van der Waals surface area (Å²) in [5.41, 5.74) is 1.02. The number of aliphatic imine (C=N–C) groups is 1. The number of carbonyl (C=O) groups excluding carboxylic acids is 2. The molecule has 1 atom stereocenters.